The summed E-state index contributed by atoms with van der Waals surface area (Å²) in [6, 6.07) is 0. The highest BCUT2D eigenvalue weighted by Gasteiger charge is 2.01. The second kappa shape index (κ2) is 2.88. The van der Waals surface area contributed by atoms with E-state index in [2.05, 4.69) is 28.1 Å². The average Bonchev–Trinajstić information content (AvgIpc) is 1.36. The van der Waals surface area contributed by atoms with E-state index in [9.17, 15) is 4.39 Å². The molecule has 6 heavy (non-hydrogen) atoms. The largest absolute Gasteiger partial charge is 0.197 e. The van der Waals surface area contributed by atoms with Crippen LogP contribution in [0.4, 0.5) is 4.39 Å². The van der Waals surface area contributed by atoms with Crippen molar-refractivity contribution in [2.75, 3.05) is 0 Å². The molecule has 0 aromatic rings. The van der Waals surface area contributed by atoms with Crippen LogP contribution in [0.25, 0.3) is 0 Å². The standard InChI is InChI=1S/C2HBrClFS/c3-1(4)2(5)6/h1H. The van der Waals surface area contributed by atoms with Gasteiger partial charge in [0, 0.05) is 0 Å². The summed E-state index contributed by atoms with van der Waals surface area (Å²) in [5.74, 6) is 0. The van der Waals surface area contributed by atoms with Crippen molar-refractivity contribution in [3.05, 3.63) is 0 Å². The van der Waals surface area contributed by atoms with E-state index in [-0.39, 0.29) is 0 Å². The lowest BCUT2D eigenvalue weighted by Gasteiger charge is -1.85. The molecule has 0 N–H and O–H groups in total. The van der Waals surface area contributed by atoms with Gasteiger partial charge in [0.25, 0.3) is 0 Å². The minimum absolute atomic E-state index is 0.725. The number of rotatable bonds is 1. The third-order valence-corrected chi connectivity index (χ3v) is 1.43. The van der Waals surface area contributed by atoms with Gasteiger partial charge in [-0.05, 0) is 12.2 Å². The molecule has 0 saturated heterocycles. The first-order valence-corrected chi connectivity index (χ1v) is 2.88. The minimum Gasteiger partial charge on any atom is -0.197 e. The monoisotopic (exact) mass is 190 g/mol. The molecule has 0 amide bonds. The number of alkyl halides is 2. The molecule has 0 aromatic carbocycles. The smallest absolute Gasteiger partial charge is 0.191 e. The van der Waals surface area contributed by atoms with Gasteiger partial charge < -0.3 is 0 Å². The average molecular weight is 191 g/mol. The Labute approximate surface area is 53.8 Å². The van der Waals surface area contributed by atoms with Crippen molar-refractivity contribution in [2.45, 2.75) is 4.29 Å². The highest BCUT2D eigenvalue weighted by atomic mass is 79.9. The summed E-state index contributed by atoms with van der Waals surface area (Å²) in [6.07, 6.45) is 0. The molecule has 0 aliphatic rings. The van der Waals surface area contributed by atoms with Crippen molar-refractivity contribution in [1.82, 2.24) is 0 Å². The van der Waals surface area contributed by atoms with Crippen LogP contribution < -0.4 is 0 Å². The van der Waals surface area contributed by atoms with Gasteiger partial charge >= 0.3 is 0 Å². The Hall–Kier alpha value is 0.790. The topological polar surface area (TPSA) is 0 Å². The van der Waals surface area contributed by atoms with Crippen molar-refractivity contribution in [3.63, 3.8) is 0 Å². The summed E-state index contributed by atoms with van der Waals surface area (Å²) in [7, 11) is 0. The van der Waals surface area contributed by atoms with Gasteiger partial charge in [-0.2, -0.15) is 4.39 Å². The van der Waals surface area contributed by atoms with Crippen molar-refractivity contribution >= 4 is 44.9 Å². The summed E-state index contributed by atoms with van der Waals surface area (Å²) in [5, 5.41) is -0.725. The second-order valence-corrected chi connectivity index (χ2v) is 2.87. The molecule has 4 heteroatoms. The predicted octanol–water partition coefficient (Wildman–Crippen LogP) is 2.24. The first-order chi connectivity index (χ1) is 2.64. The van der Waals surface area contributed by atoms with E-state index in [1.807, 2.05) is 0 Å². The lowest BCUT2D eigenvalue weighted by molar-refractivity contribution is 0.821. The lowest BCUT2D eigenvalue weighted by atomic mass is 10.9. The van der Waals surface area contributed by atoms with E-state index in [0.717, 1.165) is 0 Å². The van der Waals surface area contributed by atoms with Gasteiger partial charge in [0.2, 0.25) is 0 Å². The molecule has 0 nitrogen and oxygen atoms in total. The molecule has 0 rings (SSSR count). The van der Waals surface area contributed by atoms with Crippen LogP contribution in [0.1, 0.15) is 0 Å². The SMILES string of the molecule is FC(=S)C(Cl)Br. The van der Waals surface area contributed by atoms with Gasteiger partial charge in [-0.1, -0.05) is 15.9 Å². The van der Waals surface area contributed by atoms with Crippen LogP contribution in [0.15, 0.2) is 0 Å². The Bertz CT molecular complexity index is 64.6. The Morgan fingerprint density at radius 1 is 2.00 bits per heavy atom. The molecule has 36 valence electrons. The number of hydrogen-bond donors (Lipinski definition) is 0. The number of hydrogen-bond acceptors (Lipinski definition) is 1. The van der Waals surface area contributed by atoms with Crippen LogP contribution in [0.3, 0.4) is 0 Å². The molecule has 0 fully saturated rings. The van der Waals surface area contributed by atoms with Gasteiger partial charge in [0.15, 0.2) is 9.40 Å². The van der Waals surface area contributed by atoms with E-state index in [0.29, 0.717) is 0 Å². The first kappa shape index (κ1) is 6.79. The highest BCUT2D eigenvalue weighted by Crippen LogP contribution is 2.07. The molecule has 0 aliphatic carbocycles. The maximum atomic E-state index is 11.4. The van der Waals surface area contributed by atoms with Crippen LogP contribution in [0, 0.1) is 0 Å². The van der Waals surface area contributed by atoms with Gasteiger partial charge in [-0.25, -0.2) is 0 Å². The van der Waals surface area contributed by atoms with Crippen molar-refractivity contribution in [1.29, 1.82) is 0 Å². The fourth-order valence-electron chi connectivity index (χ4n) is 0. The predicted molar refractivity (Wildman–Crippen MR) is 32.3 cm³/mol. The summed E-state index contributed by atoms with van der Waals surface area (Å²) in [6.45, 7) is 0. The quantitative estimate of drug-likeness (QED) is 0.348. The van der Waals surface area contributed by atoms with E-state index in [1.54, 1.807) is 0 Å². The molecular formula is C2HBrClFS. The van der Waals surface area contributed by atoms with Crippen molar-refractivity contribution < 1.29 is 4.39 Å². The zero-order chi connectivity index (χ0) is 5.15. The normalized spacial score (nSPS) is 13.8. The molecule has 0 saturated carbocycles. The fraction of sp³-hybridized carbons (Fsp3) is 0.500. The molecule has 1 unspecified atom stereocenters. The third kappa shape index (κ3) is 3.00. The van der Waals surface area contributed by atoms with E-state index in [1.165, 1.54) is 0 Å². The Kier molecular flexibility index (Phi) is 3.26. The van der Waals surface area contributed by atoms with Crippen LogP contribution in [-0.2, 0) is 0 Å². The molecule has 0 aliphatic heterocycles. The maximum Gasteiger partial charge on any atom is 0.191 e. The number of thiocarbonyl (C=S) groups is 1. The molecule has 0 aromatic heterocycles. The Morgan fingerprint density at radius 3 is 2.17 bits per heavy atom. The van der Waals surface area contributed by atoms with Crippen molar-refractivity contribution in [3.8, 4) is 0 Å². The highest BCUT2D eigenvalue weighted by molar-refractivity contribution is 9.10. The lowest BCUT2D eigenvalue weighted by Crippen LogP contribution is -1.92. The van der Waals surface area contributed by atoms with Gasteiger partial charge in [0.05, 0.1) is 0 Å². The fourth-order valence-corrected chi connectivity index (χ4v) is 0. The minimum atomic E-state index is -0.799. The summed E-state index contributed by atoms with van der Waals surface area (Å²) in [4.78, 5) is 0. The van der Waals surface area contributed by atoms with E-state index < -0.39 is 9.40 Å². The summed E-state index contributed by atoms with van der Waals surface area (Å²) < 4.78 is 10.6. The van der Waals surface area contributed by atoms with Gasteiger partial charge in [-0.3, -0.25) is 0 Å². The van der Waals surface area contributed by atoms with Crippen molar-refractivity contribution in [2.24, 2.45) is 0 Å². The Morgan fingerprint density at radius 2 is 2.17 bits per heavy atom. The third-order valence-electron chi connectivity index (χ3n) is 0.172. The van der Waals surface area contributed by atoms with E-state index in [4.69, 9.17) is 11.6 Å². The van der Waals surface area contributed by atoms with Gasteiger partial charge in [-0.15, -0.1) is 11.6 Å². The summed E-state index contributed by atoms with van der Waals surface area (Å²) in [5.41, 5.74) is 0. The Balaban J connectivity index is 3.26. The van der Waals surface area contributed by atoms with Crippen LogP contribution >= 0.6 is 39.7 Å². The molecule has 1 atom stereocenters. The summed E-state index contributed by atoms with van der Waals surface area (Å²) >= 11 is 11.7. The molecule has 0 bridgehead atoms. The zero-order valence-electron chi connectivity index (χ0n) is 2.62. The molecule has 0 heterocycles. The second-order valence-electron chi connectivity index (χ2n) is 0.605. The van der Waals surface area contributed by atoms with Crippen LogP contribution in [0.5, 0.6) is 0 Å². The molecule has 0 radical (unpaired) electrons. The van der Waals surface area contributed by atoms with Crippen LogP contribution in [0.2, 0.25) is 0 Å². The molecule has 0 spiro atoms. The zero-order valence-corrected chi connectivity index (χ0v) is 5.78. The first-order valence-electron chi connectivity index (χ1n) is 1.12. The molecular weight excluding hydrogens is 190 g/mol. The van der Waals surface area contributed by atoms with E-state index >= 15 is 0 Å². The van der Waals surface area contributed by atoms with Crippen LogP contribution in [-0.4, -0.2) is 9.40 Å². The van der Waals surface area contributed by atoms with Gasteiger partial charge in [0.1, 0.15) is 0 Å². The number of halogens is 3. The maximum absolute atomic E-state index is 11.4.